The number of hydrogen-bond donors (Lipinski definition) is 0. The lowest BCUT2D eigenvalue weighted by molar-refractivity contribution is -0.143. The number of likely N-dealkylation sites (tertiary alicyclic amines) is 1. The second kappa shape index (κ2) is 4.33. The van der Waals surface area contributed by atoms with E-state index in [0.29, 0.717) is 18.9 Å². The van der Waals surface area contributed by atoms with Gasteiger partial charge in [-0.15, -0.1) is 0 Å². The van der Waals surface area contributed by atoms with Crippen LogP contribution in [0.5, 0.6) is 0 Å². The van der Waals surface area contributed by atoms with Gasteiger partial charge in [-0.3, -0.25) is 9.59 Å². The first-order chi connectivity index (χ1) is 6.83. The van der Waals surface area contributed by atoms with Crippen LogP contribution in [-0.4, -0.2) is 29.7 Å². The van der Waals surface area contributed by atoms with Crippen molar-refractivity contribution in [1.29, 1.82) is 0 Å². The molecule has 0 radical (unpaired) electrons. The first kappa shape index (κ1) is 12.2. The molecule has 1 saturated heterocycles. The molecule has 0 unspecified atom stereocenters. The largest absolute Gasteiger partial charge is 0.335 e. The Labute approximate surface area is 91.8 Å². The molecule has 3 nitrogen and oxygen atoms in total. The highest BCUT2D eigenvalue weighted by Crippen LogP contribution is 2.27. The smallest absolute Gasteiger partial charge is 0.223 e. The zero-order valence-electron chi connectivity index (χ0n) is 10.2. The quantitative estimate of drug-likeness (QED) is 0.699. The van der Waals surface area contributed by atoms with Crippen LogP contribution in [0.4, 0.5) is 0 Å². The molecule has 3 heteroatoms. The van der Waals surface area contributed by atoms with Crippen molar-refractivity contribution in [3.63, 3.8) is 0 Å². The van der Waals surface area contributed by atoms with Gasteiger partial charge in [0.05, 0.1) is 6.54 Å². The molecule has 15 heavy (non-hydrogen) atoms. The van der Waals surface area contributed by atoms with Crippen LogP contribution in [0, 0.1) is 11.3 Å². The fraction of sp³-hybridized carbons (Fsp3) is 0.833. The summed E-state index contributed by atoms with van der Waals surface area (Å²) in [6.45, 7) is 8.99. The van der Waals surface area contributed by atoms with Crippen LogP contribution >= 0.6 is 0 Å². The summed E-state index contributed by atoms with van der Waals surface area (Å²) in [4.78, 5) is 25.2. The normalized spacial score (nSPS) is 20.9. The summed E-state index contributed by atoms with van der Waals surface area (Å²) in [5.41, 5.74) is -0.241. The molecule has 86 valence electrons. The average Bonchev–Trinajstić information content (AvgIpc) is 2.08. The van der Waals surface area contributed by atoms with Gasteiger partial charge in [-0.05, 0) is 12.3 Å². The number of Topliss-reactive ketones (excluding diaryl/α,β-unsaturated/α-hetero) is 1. The highest BCUT2D eigenvalue weighted by Gasteiger charge is 2.35. The van der Waals surface area contributed by atoms with Gasteiger partial charge >= 0.3 is 0 Å². The van der Waals surface area contributed by atoms with E-state index in [4.69, 9.17) is 0 Å². The fourth-order valence-electron chi connectivity index (χ4n) is 1.71. The minimum Gasteiger partial charge on any atom is -0.335 e. The molecule has 0 N–H and O–H groups in total. The van der Waals surface area contributed by atoms with E-state index in [9.17, 15) is 9.59 Å². The second-order valence-electron chi connectivity index (χ2n) is 5.47. The summed E-state index contributed by atoms with van der Waals surface area (Å²) in [6.07, 6.45) is 1.34. The third-order valence-corrected chi connectivity index (χ3v) is 3.03. The van der Waals surface area contributed by atoms with E-state index in [-0.39, 0.29) is 17.1 Å². The minimum atomic E-state index is -0.241. The Kier molecular flexibility index (Phi) is 3.53. The van der Waals surface area contributed by atoms with Crippen LogP contribution < -0.4 is 0 Å². The standard InChI is InChI=1S/C12H21NO2/c1-9(2)7-11(15)13-6-5-12(3,4)10(14)8-13/h9H,5-8H2,1-4H3. The highest BCUT2D eigenvalue weighted by molar-refractivity contribution is 5.90. The Bertz CT molecular complexity index is 269. The molecule has 1 aliphatic heterocycles. The molecule has 1 fully saturated rings. The van der Waals surface area contributed by atoms with E-state index in [1.165, 1.54) is 0 Å². The number of rotatable bonds is 2. The molecule has 1 amide bonds. The lowest BCUT2D eigenvalue weighted by Crippen LogP contribution is -2.47. The summed E-state index contributed by atoms with van der Waals surface area (Å²) in [7, 11) is 0. The zero-order chi connectivity index (χ0) is 11.6. The van der Waals surface area contributed by atoms with Crippen LogP contribution in [0.15, 0.2) is 0 Å². The summed E-state index contributed by atoms with van der Waals surface area (Å²) >= 11 is 0. The second-order valence-corrected chi connectivity index (χ2v) is 5.47. The van der Waals surface area contributed by atoms with Gasteiger partial charge in [0.25, 0.3) is 0 Å². The van der Waals surface area contributed by atoms with Crippen molar-refractivity contribution in [2.75, 3.05) is 13.1 Å². The van der Waals surface area contributed by atoms with Crippen molar-refractivity contribution in [3.05, 3.63) is 0 Å². The minimum absolute atomic E-state index is 0.119. The average molecular weight is 211 g/mol. The van der Waals surface area contributed by atoms with Crippen molar-refractivity contribution in [3.8, 4) is 0 Å². The van der Waals surface area contributed by atoms with E-state index < -0.39 is 0 Å². The van der Waals surface area contributed by atoms with Crippen molar-refractivity contribution >= 4 is 11.7 Å². The number of ketones is 1. The SMILES string of the molecule is CC(C)CC(=O)N1CCC(C)(C)C(=O)C1. The molecule has 0 aromatic carbocycles. The third kappa shape index (κ3) is 3.05. The van der Waals surface area contributed by atoms with E-state index in [1.54, 1.807) is 4.90 Å². The number of carbonyl (C=O) groups excluding carboxylic acids is 2. The number of piperidine rings is 1. The van der Waals surface area contributed by atoms with Gasteiger partial charge in [0, 0.05) is 18.4 Å². The van der Waals surface area contributed by atoms with Crippen molar-refractivity contribution in [2.45, 2.75) is 40.5 Å². The van der Waals surface area contributed by atoms with Crippen molar-refractivity contribution in [2.24, 2.45) is 11.3 Å². The molecule has 0 bridgehead atoms. The third-order valence-electron chi connectivity index (χ3n) is 3.03. The molecule has 1 heterocycles. The maximum Gasteiger partial charge on any atom is 0.223 e. The fourth-order valence-corrected chi connectivity index (χ4v) is 1.71. The number of carbonyl (C=O) groups is 2. The van der Waals surface area contributed by atoms with E-state index in [2.05, 4.69) is 0 Å². The molecule has 0 aliphatic carbocycles. The maximum atomic E-state index is 11.7. The lowest BCUT2D eigenvalue weighted by atomic mass is 9.81. The lowest BCUT2D eigenvalue weighted by Gasteiger charge is -2.35. The Morgan fingerprint density at radius 3 is 2.53 bits per heavy atom. The van der Waals surface area contributed by atoms with Crippen LogP contribution in [0.25, 0.3) is 0 Å². The van der Waals surface area contributed by atoms with Gasteiger partial charge in [-0.2, -0.15) is 0 Å². The summed E-state index contributed by atoms with van der Waals surface area (Å²) in [6, 6.07) is 0. The van der Waals surface area contributed by atoms with Gasteiger partial charge in [0.2, 0.25) is 5.91 Å². The predicted molar refractivity (Wildman–Crippen MR) is 59.4 cm³/mol. The van der Waals surface area contributed by atoms with E-state index in [1.807, 2.05) is 27.7 Å². The van der Waals surface area contributed by atoms with Gasteiger partial charge < -0.3 is 4.90 Å². The van der Waals surface area contributed by atoms with Crippen LogP contribution in [-0.2, 0) is 9.59 Å². The summed E-state index contributed by atoms with van der Waals surface area (Å²) < 4.78 is 0. The maximum absolute atomic E-state index is 11.7. The van der Waals surface area contributed by atoms with E-state index in [0.717, 1.165) is 13.0 Å². The Morgan fingerprint density at radius 1 is 1.47 bits per heavy atom. The highest BCUT2D eigenvalue weighted by atomic mass is 16.2. The summed E-state index contributed by atoms with van der Waals surface area (Å²) in [5.74, 6) is 0.669. The van der Waals surface area contributed by atoms with Gasteiger partial charge in [-0.1, -0.05) is 27.7 Å². The van der Waals surface area contributed by atoms with Crippen LogP contribution in [0.1, 0.15) is 40.5 Å². The number of amides is 1. The van der Waals surface area contributed by atoms with Crippen molar-refractivity contribution < 1.29 is 9.59 Å². The van der Waals surface area contributed by atoms with Crippen LogP contribution in [0.3, 0.4) is 0 Å². The summed E-state index contributed by atoms with van der Waals surface area (Å²) in [5, 5.41) is 0. The molecule has 0 aromatic rings. The van der Waals surface area contributed by atoms with Gasteiger partial charge in [-0.25, -0.2) is 0 Å². The Hall–Kier alpha value is -0.860. The monoisotopic (exact) mass is 211 g/mol. The molecule has 1 aliphatic rings. The Morgan fingerprint density at radius 2 is 2.07 bits per heavy atom. The number of hydrogen-bond acceptors (Lipinski definition) is 2. The molecule has 1 rings (SSSR count). The molecular weight excluding hydrogens is 190 g/mol. The topological polar surface area (TPSA) is 37.4 Å². The molecular formula is C12H21NO2. The first-order valence-electron chi connectivity index (χ1n) is 5.64. The van der Waals surface area contributed by atoms with Crippen molar-refractivity contribution in [1.82, 2.24) is 4.90 Å². The van der Waals surface area contributed by atoms with Gasteiger partial charge in [0.1, 0.15) is 0 Å². The Balaban J connectivity index is 2.55. The first-order valence-corrected chi connectivity index (χ1v) is 5.64. The van der Waals surface area contributed by atoms with E-state index >= 15 is 0 Å². The molecule has 0 atom stereocenters. The molecule has 0 aromatic heterocycles. The van der Waals surface area contributed by atoms with Gasteiger partial charge in [0.15, 0.2) is 5.78 Å². The number of nitrogens with zero attached hydrogens (tertiary/aromatic N) is 1. The molecule has 0 spiro atoms. The predicted octanol–water partition coefficient (Wildman–Crippen LogP) is 1.86. The zero-order valence-corrected chi connectivity index (χ0v) is 10.2. The van der Waals surface area contributed by atoms with Crippen LogP contribution in [0.2, 0.25) is 0 Å². The molecule has 0 saturated carbocycles.